The van der Waals surface area contributed by atoms with Crippen LogP contribution in [-0.4, -0.2) is 17.6 Å². The average molecular weight is 345 g/mol. The first-order chi connectivity index (χ1) is 11.4. The van der Waals surface area contributed by atoms with Gasteiger partial charge in [-0.05, 0) is 23.3 Å². The monoisotopic (exact) mass is 345 g/mol. The number of nitrogens with one attached hydrogen (secondary N) is 1. The van der Waals surface area contributed by atoms with Gasteiger partial charge in [0.15, 0.2) is 0 Å². The van der Waals surface area contributed by atoms with Gasteiger partial charge in [0, 0.05) is 20.6 Å². The number of aryl methyl sites for hydroxylation is 2. The van der Waals surface area contributed by atoms with Gasteiger partial charge in [-0.1, -0.05) is 36.4 Å². The minimum absolute atomic E-state index is 0.0556. The third-order valence-electron chi connectivity index (χ3n) is 4.03. The lowest BCUT2D eigenvalue weighted by atomic mass is 10.2. The van der Waals surface area contributed by atoms with E-state index in [4.69, 9.17) is 0 Å². The lowest BCUT2D eigenvalue weighted by Gasteiger charge is -2.07. The van der Waals surface area contributed by atoms with Crippen LogP contribution >= 0.6 is 0 Å². The Labute approximate surface area is 140 Å². The first-order valence-electron chi connectivity index (χ1n) is 7.53. The Hall–Kier alpha value is -2.38. The number of benzene rings is 2. The van der Waals surface area contributed by atoms with Gasteiger partial charge in [0.1, 0.15) is 0 Å². The maximum atomic E-state index is 12.2. The smallest absolute Gasteiger partial charge is 0.295 e. The van der Waals surface area contributed by atoms with Gasteiger partial charge in [-0.3, -0.25) is 9.13 Å². The van der Waals surface area contributed by atoms with Crippen LogP contribution in [0.25, 0.3) is 11.0 Å². The molecule has 0 saturated heterocycles. The van der Waals surface area contributed by atoms with Crippen molar-refractivity contribution in [1.82, 2.24) is 13.9 Å². The van der Waals surface area contributed by atoms with Crippen LogP contribution in [-0.2, 0) is 36.4 Å². The summed E-state index contributed by atoms with van der Waals surface area (Å²) in [6.45, 7) is 0.189. The molecular weight excluding hydrogens is 326 g/mol. The van der Waals surface area contributed by atoms with Crippen molar-refractivity contribution in [3.8, 4) is 0 Å². The predicted molar refractivity (Wildman–Crippen MR) is 94.1 cm³/mol. The van der Waals surface area contributed by atoms with Crippen LogP contribution in [0.3, 0.4) is 0 Å². The quantitative estimate of drug-likeness (QED) is 0.761. The first-order valence-corrected chi connectivity index (χ1v) is 9.18. The normalized spacial score (nSPS) is 11.9. The summed E-state index contributed by atoms with van der Waals surface area (Å²) in [6.07, 6.45) is 0. The molecule has 6 nitrogen and oxygen atoms in total. The van der Waals surface area contributed by atoms with Crippen LogP contribution in [0.1, 0.15) is 11.1 Å². The van der Waals surface area contributed by atoms with Gasteiger partial charge in [-0.15, -0.1) is 0 Å². The molecule has 24 heavy (non-hydrogen) atoms. The molecule has 1 heterocycles. The van der Waals surface area contributed by atoms with Crippen LogP contribution < -0.4 is 10.4 Å². The maximum absolute atomic E-state index is 12.2. The van der Waals surface area contributed by atoms with Crippen molar-refractivity contribution in [1.29, 1.82) is 0 Å². The molecular formula is C17H19N3O3S. The molecule has 1 aromatic heterocycles. The molecule has 0 amide bonds. The Balaban J connectivity index is 1.78. The topological polar surface area (TPSA) is 73.1 Å². The molecule has 0 aliphatic heterocycles. The third-order valence-corrected chi connectivity index (χ3v) is 5.33. The fourth-order valence-electron chi connectivity index (χ4n) is 2.70. The van der Waals surface area contributed by atoms with Crippen molar-refractivity contribution < 1.29 is 8.42 Å². The summed E-state index contributed by atoms with van der Waals surface area (Å²) in [7, 11) is -0.00533. The highest BCUT2D eigenvalue weighted by molar-refractivity contribution is 7.88. The lowest BCUT2D eigenvalue weighted by Crippen LogP contribution is -2.24. The van der Waals surface area contributed by atoms with Crippen molar-refractivity contribution in [3.63, 3.8) is 0 Å². The molecule has 0 radical (unpaired) electrons. The fraction of sp³-hybridized carbons (Fsp3) is 0.235. The second-order valence-electron chi connectivity index (χ2n) is 5.79. The second kappa shape index (κ2) is 6.26. The summed E-state index contributed by atoms with van der Waals surface area (Å²) in [4.78, 5) is 11.9. The number of sulfonamides is 1. The summed E-state index contributed by atoms with van der Waals surface area (Å²) in [5.41, 5.74) is 3.04. The van der Waals surface area contributed by atoms with Gasteiger partial charge in [-0.2, -0.15) is 0 Å². The molecule has 0 bridgehead atoms. The van der Waals surface area contributed by atoms with Crippen molar-refractivity contribution in [2.45, 2.75) is 12.3 Å². The van der Waals surface area contributed by atoms with Gasteiger partial charge in [0.05, 0.1) is 16.8 Å². The molecule has 0 unspecified atom stereocenters. The average Bonchev–Trinajstić information content (AvgIpc) is 2.78. The minimum atomic E-state index is -3.42. The summed E-state index contributed by atoms with van der Waals surface area (Å²) >= 11 is 0. The molecule has 7 heteroatoms. The van der Waals surface area contributed by atoms with E-state index in [9.17, 15) is 13.2 Å². The van der Waals surface area contributed by atoms with Crippen LogP contribution in [0, 0.1) is 0 Å². The first kappa shape index (κ1) is 16.5. The molecule has 0 saturated carbocycles. The van der Waals surface area contributed by atoms with Gasteiger partial charge in [-0.25, -0.2) is 17.9 Å². The van der Waals surface area contributed by atoms with E-state index in [1.807, 2.05) is 36.4 Å². The minimum Gasteiger partial charge on any atom is -0.295 e. The number of hydrogen-bond acceptors (Lipinski definition) is 3. The highest BCUT2D eigenvalue weighted by Crippen LogP contribution is 2.14. The van der Waals surface area contributed by atoms with Crippen molar-refractivity contribution >= 4 is 21.1 Å². The molecule has 0 spiro atoms. The van der Waals surface area contributed by atoms with Crippen LogP contribution in [0.4, 0.5) is 0 Å². The Bertz CT molecular complexity index is 1030. The molecule has 2 aromatic carbocycles. The van der Waals surface area contributed by atoms with E-state index in [0.717, 1.165) is 22.2 Å². The van der Waals surface area contributed by atoms with E-state index < -0.39 is 10.0 Å². The largest absolute Gasteiger partial charge is 0.328 e. The number of fused-ring (bicyclic) bond motifs is 1. The van der Waals surface area contributed by atoms with E-state index in [-0.39, 0.29) is 18.0 Å². The second-order valence-corrected chi connectivity index (χ2v) is 7.60. The van der Waals surface area contributed by atoms with Crippen LogP contribution in [0.15, 0.2) is 53.3 Å². The van der Waals surface area contributed by atoms with Gasteiger partial charge in [0.2, 0.25) is 10.0 Å². The molecule has 0 aliphatic rings. The molecule has 1 N–H and O–H groups in total. The van der Waals surface area contributed by atoms with E-state index >= 15 is 0 Å². The standard InChI is InChI=1S/C17H19N3O3S/c1-19-15-9-8-14(10-16(15)20(2)17(19)21)11-18-24(22,23)12-13-6-4-3-5-7-13/h3-10,18H,11-12H2,1-2H3. The number of aromatic nitrogens is 2. The molecule has 126 valence electrons. The summed E-state index contributed by atoms with van der Waals surface area (Å²) < 4.78 is 30.1. The number of imidazole rings is 1. The van der Waals surface area contributed by atoms with Crippen molar-refractivity contribution in [2.75, 3.05) is 0 Å². The Morgan fingerprint density at radius 2 is 1.58 bits per heavy atom. The zero-order valence-corrected chi connectivity index (χ0v) is 14.4. The number of nitrogens with zero attached hydrogens (tertiary/aromatic N) is 2. The van der Waals surface area contributed by atoms with Crippen molar-refractivity contribution in [3.05, 3.63) is 70.1 Å². The van der Waals surface area contributed by atoms with Gasteiger partial charge < -0.3 is 0 Å². The summed E-state index contributed by atoms with van der Waals surface area (Å²) in [5.74, 6) is -0.0556. The Morgan fingerprint density at radius 1 is 0.917 bits per heavy atom. The molecule has 0 aliphatic carbocycles. The zero-order chi connectivity index (χ0) is 17.3. The molecule has 3 rings (SSSR count). The molecule has 3 aromatic rings. The zero-order valence-electron chi connectivity index (χ0n) is 13.6. The predicted octanol–water partition coefficient (Wildman–Crippen LogP) is 1.50. The number of rotatable bonds is 5. The molecule has 0 fully saturated rings. The van der Waals surface area contributed by atoms with Crippen LogP contribution in [0.5, 0.6) is 0 Å². The van der Waals surface area contributed by atoms with Gasteiger partial charge >= 0.3 is 5.69 Å². The highest BCUT2D eigenvalue weighted by Gasteiger charge is 2.12. The third kappa shape index (κ3) is 3.27. The molecule has 0 atom stereocenters. The summed E-state index contributed by atoms with van der Waals surface area (Å²) in [6, 6.07) is 14.5. The highest BCUT2D eigenvalue weighted by atomic mass is 32.2. The van der Waals surface area contributed by atoms with E-state index in [2.05, 4.69) is 4.72 Å². The van der Waals surface area contributed by atoms with Gasteiger partial charge in [0.25, 0.3) is 0 Å². The van der Waals surface area contributed by atoms with E-state index in [0.29, 0.717) is 0 Å². The fourth-order valence-corrected chi connectivity index (χ4v) is 3.82. The van der Waals surface area contributed by atoms with Crippen molar-refractivity contribution in [2.24, 2.45) is 14.1 Å². The SMILES string of the molecule is Cn1c(=O)n(C)c2cc(CNS(=O)(=O)Cc3ccccc3)ccc21. The Morgan fingerprint density at radius 3 is 2.29 bits per heavy atom. The maximum Gasteiger partial charge on any atom is 0.328 e. The van der Waals surface area contributed by atoms with E-state index in [1.165, 1.54) is 0 Å². The van der Waals surface area contributed by atoms with E-state index in [1.54, 1.807) is 35.4 Å². The number of hydrogen-bond donors (Lipinski definition) is 1. The summed E-state index contributed by atoms with van der Waals surface area (Å²) in [5, 5.41) is 0. The van der Waals surface area contributed by atoms with Crippen LogP contribution in [0.2, 0.25) is 0 Å². The Kier molecular flexibility index (Phi) is 4.29. The lowest BCUT2D eigenvalue weighted by molar-refractivity contribution is 0.580.